The van der Waals surface area contributed by atoms with Crippen LogP contribution in [0, 0.1) is 23.0 Å². The number of benzene rings is 1. The number of aromatic nitrogens is 1. The van der Waals surface area contributed by atoms with Crippen LogP contribution >= 0.6 is 11.3 Å². The molecule has 0 bridgehead atoms. The van der Waals surface area contributed by atoms with Gasteiger partial charge in [0.2, 0.25) is 0 Å². The van der Waals surface area contributed by atoms with E-state index in [-0.39, 0.29) is 10.6 Å². The highest BCUT2D eigenvalue weighted by Gasteiger charge is 2.13. The quantitative estimate of drug-likeness (QED) is 0.665. The molecule has 0 fully saturated rings. The first-order valence-electron chi connectivity index (χ1n) is 6.42. The lowest BCUT2D eigenvalue weighted by molar-refractivity contribution is -0.385. The third-order valence-corrected chi connectivity index (χ3v) is 3.67. The zero-order valence-electron chi connectivity index (χ0n) is 11.7. The Labute approximate surface area is 121 Å². The lowest BCUT2D eigenvalue weighted by atomic mass is 10.1. The van der Waals surface area contributed by atoms with E-state index in [2.05, 4.69) is 24.1 Å². The van der Waals surface area contributed by atoms with E-state index in [1.165, 1.54) is 11.3 Å². The Kier molecular flexibility index (Phi) is 4.34. The van der Waals surface area contributed by atoms with E-state index in [4.69, 9.17) is 0 Å². The summed E-state index contributed by atoms with van der Waals surface area (Å²) < 4.78 is 0. The van der Waals surface area contributed by atoms with Crippen LogP contribution in [0.5, 0.6) is 0 Å². The van der Waals surface area contributed by atoms with E-state index in [9.17, 15) is 10.1 Å². The van der Waals surface area contributed by atoms with Crippen molar-refractivity contribution in [3.8, 4) is 11.3 Å². The molecule has 1 N–H and O–H groups in total. The van der Waals surface area contributed by atoms with Crippen molar-refractivity contribution < 1.29 is 4.92 Å². The number of nitro benzene ring substituents is 1. The smallest absolute Gasteiger partial charge is 0.272 e. The summed E-state index contributed by atoms with van der Waals surface area (Å²) in [7, 11) is 0. The predicted molar refractivity (Wildman–Crippen MR) is 82.3 cm³/mol. The summed E-state index contributed by atoms with van der Waals surface area (Å²) in [5.74, 6) is 0.544. The molecule has 2 rings (SSSR count). The largest absolute Gasteiger partial charge is 0.361 e. The number of nitrogens with zero attached hydrogens (tertiary/aromatic N) is 2. The minimum atomic E-state index is -0.358. The van der Waals surface area contributed by atoms with Crippen LogP contribution in [0.2, 0.25) is 0 Å². The average Bonchev–Trinajstić information content (AvgIpc) is 2.85. The lowest BCUT2D eigenvalue weighted by Crippen LogP contribution is -2.07. The van der Waals surface area contributed by atoms with Crippen molar-refractivity contribution in [2.75, 3.05) is 11.9 Å². The Bertz CT molecular complexity index is 623. The van der Waals surface area contributed by atoms with E-state index in [1.807, 2.05) is 11.4 Å². The fraction of sp³-hybridized carbons (Fsp3) is 0.357. The molecule has 0 aliphatic carbocycles. The van der Waals surface area contributed by atoms with Gasteiger partial charge in [-0.2, -0.15) is 0 Å². The number of anilines is 1. The lowest BCUT2D eigenvalue weighted by Gasteiger charge is -2.04. The summed E-state index contributed by atoms with van der Waals surface area (Å²) in [5.41, 5.74) is 2.33. The highest BCUT2D eigenvalue weighted by molar-refractivity contribution is 7.14. The van der Waals surface area contributed by atoms with Gasteiger partial charge in [0.15, 0.2) is 5.13 Å². The molecular weight excluding hydrogens is 274 g/mol. The highest BCUT2D eigenvalue weighted by atomic mass is 32.1. The molecule has 0 amide bonds. The fourth-order valence-electron chi connectivity index (χ4n) is 1.74. The molecule has 0 aliphatic rings. The maximum atomic E-state index is 11.0. The third-order valence-electron chi connectivity index (χ3n) is 2.87. The summed E-state index contributed by atoms with van der Waals surface area (Å²) in [4.78, 5) is 15.1. The van der Waals surface area contributed by atoms with Gasteiger partial charge in [-0.25, -0.2) is 4.98 Å². The topological polar surface area (TPSA) is 68.1 Å². The number of rotatable bonds is 5. The van der Waals surface area contributed by atoms with Gasteiger partial charge in [-0.05, 0) is 12.8 Å². The minimum absolute atomic E-state index is 0.132. The minimum Gasteiger partial charge on any atom is -0.361 e. The second kappa shape index (κ2) is 6.00. The number of aryl methyl sites for hydroxylation is 1. The Morgan fingerprint density at radius 3 is 2.85 bits per heavy atom. The standard InChI is InChI=1S/C14H17N3O2S/c1-9(2)7-15-14-16-12(8-20-14)11-5-4-10(3)13(6-11)17(18)19/h4-6,8-9H,7H2,1-3H3,(H,15,16). The van der Waals surface area contributed by atoms with Crippen LogP contribution in [-0.2, 0) is 0 Å². The van der Waals surface area contributed by atoms with Gasteiger partial charge in [-0.3, -0.25) is 10.1 Å². The molecule has 106 valence electrons. The molecule has 1 aromatic heterocycles. The SMILES string of the molecule is Cc1ccc(-c2csc(NCC(C)C)n2)cc1[N+](=O)[O-]. The van der Waals surface area contributed by atoms with Crippen LogP contribution in [0.15, 0.2) is 23.6 Å². The molecule has 0 aliphatic heterocycles. The van der Waals surface area contributed by atoms with Crippen LogP contribution in [0.1, 0.15) is 19.4 Å². The van der Waals surface area contributed by atoms with Crippen molar-refractivity contribution in [1.82, 2.24) is 4.98 Å². The van der Waals surface area contributed by atoms with Gasteiger partial charge in [0, 0.05) is 29.1 Å². The first-order valence-corrected chi connectivity index (χ1v) is 7.30. The number of nitro groups is 1. The van der Waals surface area contributed by atoms with Gasteiger partial charge in [0.25, 0.3) is 5.69 Å². The van der Waals surface area contributed by atoms with Gasteiger partial charge in [0.05, 0.1) is 10.6 Å². The van der Waals surface area contributed by atoms with Crippen molar-refractivity contribution in [3.63, 3.8) is 0 Å². The Balaban J connectivity index is 2.24. The molecule has 6 heteroatoms. The van der Waals surface area contributed by atoms with Gasteiger partial charge in [-0.15, -0.1) is 11.3 Å². The summed E-state index contributed by atoms with van der Waals surface area (Å²) in [6, 6.07) is 5.20. The first kappa shape index (κ1) is 14.5. The number of hydrogen-bond acceptors (Lipinski definition) is 5. The molecule has 0 spiro atoms. The summed E-state index contributed by atoms with van der Waals surface area (Å²) in [6.07, 6.45) is 0. The van der Waals surface area contributed by atoms with Gasteiger partial charge in [0.1, 0.15) is 0 Å². The molecule has 20 heavy (non-hydrogen) atoms. The van der Waals surface area contributed by atoms with E-state index in [0.29, 0.717) is 11.5 Å². The molecule has 2 aromatic rings. The maximum Gasteiger partial charge on any atom is 0.272 e. The first-order chi connectivity index (χ1) is 9.47. The van der Waals surface area contributed by atoms with E-state index < -0.39 is 0 Å². The zero-order chi connectivity index (χ0) is 14.7. The van der Waals surface area contributed by atoms with E-state index >= 15 is 0 Å². The number of thiazole rings is 1. The Morgan fingerprint density at radius 2 is 2.20 bits per heavy atom. The predicted octanol–water partition coefficient (Wildman–Crippen LogP) is 4.09. The van der Waals surface area contributed by atoms with Gasteiger partial charge in [-0.1, -0.05) is 26.0 Å². The zero-order valence-corrected chi connectivity index (χ0v) is 12.5. The van der Waals surface area contributed by atoms with Crippen LogP contribution in [0.25, 0.3) is 11.3 Å². The fourth-order valence-corrected chi connectivity index (χ4v) is 2.47. The molecule has 0 saturated heterocycles. The molecule has 0 radical (unpaired) electrons. The normalized spacial score (nSPS) is 10.8. The van der Waals surface area contributed by atoms with E-state index in [1.54, 1.807) is 19.1 Å². The second-order valence-electron chi connectivity index (χ2n) is 5.07. The van der Waals surface area contributed by atoms with Crippen LogP contribution in [0.3, 0.4) is 0 Å². The van der Waals surface area contributed by atoms with Crippen LogP contribution < -0.4 is 5.32 Å². The number of nitrogens with one attached hydrogen (secondary N) is 1. The van der Waals surface area contributed by atoms with Gasteiger partial charge < -0.3 is 5.32 Å². The molecule has 0 atom stereocenters. The van der Waals surface area contributed by atoms with Crippen molar-refractivity contribution in [3.05, 3.63) is 39.3 Å². The van der Waals surface area contributed by atoms with Crippen molar-refractivity contribution >= 4 is 22.2 Å². The molecule has 5 nitrogen and oxygen atoms in total. The monoisotopic (exact) mass is 291 g/mol. The Hall–Kier alpha value is -1.95. The van der Waals surface area contributed by atoms with Crippen LogP contribution in [0.4, 0.5) is 10.8 Å². The third kappa shape index (κ3) is 3.33. The molecule has 1 aromatic carbocycles. The van der Waals surface area contributed by atoms with Crippen molar-refractivity contribution in [2.24, 2.45) is 5.92 Å². The summed E-state index contributed by atoms with van der Waals surface area (Å²) in [5, 5.41) is 17.0. The Morgan fingerprint density at radius 1 is 1.45 bits per heavy atom. The molecule has 1 heterocycles. The summed E-state index contributed by atoms with van der Waals surface area (Å²) in [6.45, 7) is 6.86. The number of hydrogen-bond donors (Lipinski definition) is 1. The maximum absolute atomic E-state index is 11.0. The molecular formula is C14H17N3O2S. The van der Waals surface area contributed by atoms with Crippen molar-refractivity contribution in [1.29, 1.82) is 0 Å². The molecule has 0 saturated carbocycles. The highest BCUT2D eigenvalue weighted by Crippen LogP contribution is 2.29. The average molecular weight is 291 g/mol. The molecule has 0 unspecified atom stereocenters. The summed E-state index contributed by atoms with van der Waals surface area (Å²) >= 11 is 1.51. The second-order valence-corrected chi connectivity index (χ2v) is 5.93. The van der Waals surface area contributed by atoms with E-state index in [0.717, 1.165) is 22.9 Å². The van der Waals surface area contributed by atoms with Crippen LogP contribution in [-0.4, -0.2) is 16.5 Å². The van der Waals surface area contributed by atoms with Gasteiger partial charge >= 0.3 is 0 Å². The van der Waals surface area contributed by atoms with Crippen molar-refractivity contribution in [2.45, 2.75) is 20.8 Å².